The van der Waals surface area contributed by atoms with Crippen molar-refractivity contribution in [2.45, 2.75) is 37.9 Å². The molecule has 7 rings (SSSR count). The van der Waals surface area contributed by atoms with Crippen molar-refractivity contribution < 1.29 is 32.3 Å². The summed E-state index contributed by atoms with van der Waals surface area (Å²) in [6.07, 6.45) is 1.76. The number of aryl methyl sites for hydroxylation is 2. The van der Waals surface area contributed by atoms with Crippen molar-refractivity contribution >= 4 is 56.9 Å². The van der Waals surface area contributed by atoms with Crippen molar-refractivity contribution in [3.05, 3.63) is 108 Å². The first-order valence-electron chi connectivity index (χ1n) is 20.3. The van der Waals surface area contributed by atoms with Gasteiger partial charge >= 0.3 is 6.05 Å². The minimum atomic E-state index is -3.42. The molecule has 3 heterocycles. The molecule has 4 aromatic carbocycles. The summed E-state index contributed by atoms with van der Waals surface area (Å²) in [5.74, 6) is 7.63. The third-order valence-electron chi connectivity index (χ3n) is 10.2. The number of hydrogen-bond donors (Lipinski definition) is 5. The number of likely N-dealkylation sites (N-methyl/N-ethyl adjacent to an activating group) is 1. The molecule has 7 aromatic rings. The lowest BCUT2D eigenvalue weighted by Crippen LogP contribution is -2.34. The number of halogens is 2. The second kappa shape index (κ2) is 20.2. The number of aromatic nitrogens is 4. The number of fused-ring (bicyclic) bond motifs is 2. The molecule has 0 unspecified atom stereocenters. The fourth-order valence-corrected chi connectivity index (χ4v) is 8.02. The summed E-state index contributed by atoms with van der Waals surface area (Å²) in [5.41, 5.74) is 25.4. The lowest BCUT2D eigenvalue weighted by molar-refractivity contribution is -0.123. The van der Waals surface area contributed by atoms with Crippen LogP contribution in [0.15, 0.2) is 94.6 Å². The van der Waals surface area contributed by atoms with Crippen molar-refractivity contribution in [2.24, 2.45) is 5.73 Å². The summed E-state index contributed by atoms with van der Waals surface area (Å²) in [5, 5.41) is 10.8. The van der Waals surface area contributed by atoms with E-state index in [1.54, 1.807) is 37.7 Å². The summed E-state index contributed by atoms with van der Waals surface area (Å²) < 4.78 is 55.7. The average Bonchev–Trinajstić information content (AvgIpc) is 3.94. The number of carbonyl (C=O) groups is 1. The lowest BCUT2D eigenvalue weighted by Gasteiger charge is -2.17. The number of nitrogens with one attached hydrogen (secondary N) is 2. The lowest BCUT2D eigenvalue weighted by atomic mass is 10.0. The van der Waals surface area contributed by atoms with E-state index >= 15 is 0 Å². The second-order valence-corrected chi connectivity index (χ2v) is 16.3. The Hall–Kier alpha value is -6.78. The molecule has 0 aliphatic heterocycles. The fourth-order valence-electron chi connectivity index (χ4n) is 7.21. The van der Waals surface area contributed by atoms with E-state index in [4.69, 9.17) is 35.9 Å². The summed E-state index contributed by atoms with van der Waals surface area (Å²) >= 11 is 1.53. The Morgan fingerprint density at radius 1 is 1.02 bits per heavy atom. The van der Waals surface area contributed by atoms with E-state index in [-0.39, 0.29) is 19.1 Å². The van der Waals surface area contributed by atoms with E-state index < -0.39 is 12.6 Å². The molecule has 0 saturated heterocycles. The van der Waals surface area contributed by atoms with Crippen LogP contribution in [0, 0.1) is 25.7 Å². The highest BCUT2D eigenvalue weighted by Gasteiger charge is 2.25. The van der Waals surface area contributed by atoms with Gasteiger partial charge in [0.2, 0.25) is 0 Å². The van der Waals surface area contributed by atoms with E-state index in [2.05, 4.69) is 32.6 Å². The maximum absolute atomic E-state index is 13.8. The second-order valence-electron chi connectivity index (χ2n) is 15.0. The molecule has 0 bridgehead atoms. The predicted molar refractivity (Wildman–Crippen MR) is 246 cm³/mol. The number of amides is 1. The Kier molecular flexibility index (Phi) is 14.3. The molecule has 0 fully saturated rings. The summed E-state index contributed by atoms with van der Waals surface area (Å²) in [4.78, 5) is 18.1. The van der Waals surface area contributed by atoms with Crippen LogP contribution < -0.4 is 37.3 Å². The number of nitrogens with zero attached hydrogens (tertiary/aromatic N) is 5. The topological polar surface area (TPSA) is 199 Å². The summed E-state index contributed by atoms with van der Waals surface area (Å²) in [6.45, 7) is 5.41. The molecule has 0 atom stereocenters. The van der Waals surface area contributed by atoms with Crippen LogP contribution in [0.1, 0.15) is 22.7 Å². The van der Waals surface area contributed by atoms with Crippen LogP contribution in [0.2, 0.25) is 0 Å². The molecule has 334 valence electrons. The molecule has 18 heteroatoms. The number of nitrogens with two attached hydrogens (primary N) is 3. The Morgan fingerprint density at radius 2 is 1.84 bits per heavy atom. The molecule has 0 aliphatic rings. The number of alkyl halides is 2. The van der Waals surface area contributed by atoms with Crippen molar-refractivity contribution in [2.75, 3.05) is 70.4 Å². The highest BCUT2D eigenvalue weighted by Crippen LogP contribution is 2.34. The van der Waals surface area contributed by atoms with E-state index in [0.29, 0.717) is 77.8 Å². The molecule has 3 aromatic heterocycles. The number of benzene rings is 4. The Bertz CT molecular complexity index is 2810. The van der Waals surface area contributed by atoms with Gasteiger partial charge in [-0.25, -0.2) is 9.29 Å². The monoisotopic (exact) mass is 892 g/mol. The van der Waals surface area contributed by atoms with Gasteiger partial charge in [-0.3, -0.25) is 10.5 Å². The number of carbonyl (C=O) groups excluding carboxylic acids is 1. The van der Waals surface area contributed by atoms with Crippen LogP contribution in [0.25, 0.3) is 33.1 Å². The van der Waals surface area contributed by atoms with Gasteiger partial charge in [-0.15, -0.1) is 0 Å². The number of anilines is 3. The van der Waals surface area contributed by atoms with Crippen molar-refractivity contribution in [3.8, 4) is 34.5 Å². The molecular formula is C46H50F2N10O5S. The molecule has 0 radical (unpaired) electrons. The van der Waals surface area contributed by atoms with Crippen LogP contribution >= 0.6 is 11.9 Å². The summed E-state index contributed by atoms with van der Waals surface area (Å²) in [6, 6.07) is 20.7. The average molecular weight is 893 g/mol. The first-order chi connectivity index (χ1) is 30.8. The Morgan fingerprint density at radius 3 is 2.62 bits per heavy atom. The van der Waals surface area contributed by atoms with Gasteiger partial charge in [0.15, 0.2) is 6.61 Å². The standard InChI is InChI=1S/C46H50F2N10O5S/c1-29-44(30(2)63-55-29)32-21-38(50)45-41(22-32)57(28-54-45)25-31-8-5-10-34(20-31)62-26-43(59)53-16-18-61-19-17-56(3)64-35-13-14-39(42(24-35)60-4)52-15-7-9-33-23-36-37(49)11-6-12-40(36)58(33)27-46(47,48)51/h5-6,8,10-14,20-24,28,52H,15-19,25-27,49-51H2,1-4H3,(H,53,59). The zero-order valence-corrected chi connectivity index (χ0v) is 36.7. The molecule has 64 heavy (non-hydrogen) atoms. The largest absolute Gasteiger partial charge is 0.495 e. The number of hydrogen-bond acceptors (Lipinski definition) is 13. The van der Waals surface area contributed by atoms with Gasteiger partial charge in [0.1, 0.15) is 29.3 Å². The van der Waals surface area contributed by atoms with E-state index in [9.17, 15) is 13.6 Å². The number of imidazole rings is 1. The van der Waals surface area contributed by atoms with Crippen LogP contribution in [0.4, 0.5) is 25.8 Å². The molecule has 0 saturated carbocycles. The molecule has 8 N–H and O–H groups in total. The maximum atomic E-state index is 13.8. The normalized spacial score (nSPS) is 11.6. The van der Waals surface area contributed by atoms with Crippen LogP contribution in [0.5, 0.6) is 11.5 Å². The van der Waals surface area contributed by atoms with E-state index in [0.717, 1.165) is 44.2 Å². The first kappa shape index (κ1) is 45.3. The Balaban J connectivity index is 0.812. The van der Waals surface area contributed by atoms with E-state index in [1.807, 2.05) is 84.4 Å². The molecule has 1 amide bonds. The molecule has 0 spiro atoms. The predicted octanol–water partition coefficient (Wildman–Crippen LogP) is 6.65. The summed E-state index contributed by atoms with van der Waals surface area (Å²) in [7, 11) is 3.54. The van der Waals surface area contributed by atoms with Gasteiger partial charge in [-0.1, -0.05) is 29.3 Å². The third kappa shape index (κ3) is 11.2. The van der Waals surface area contributed by atoms with Gasteiger partial charge in [-0.05, 0) is 111 Å². The first-order valence-corrected chi connectivity index (χ1v) is 21.1. The van der Waals surface area contributed by atoms with Crippen LogP contribution in [-0.2, 0) is 22.6 Å². The Labute approximate surface area is 373 Å². The number of ether oxygens (including phenoxy) is 3. The van der Waals surface area contributed by atoms with Crippen LogP contribution in [0.3, 0.4) is 0 Å². The third-order valence-corrected chi connectivity index (χ3v) is 11.1. The van der Waals surface area contributed by atoms with Crippen molar-refractivity contribution in [3.63, 3.8) is 0 Å². The van der Waals surface area contributed by atoms with Gasteiger partial charge in [0, 0.05) is 41.2 Å². The number of rotatable bonds is 19. The maximum Gasteiger partial charge on any atom is 0.317 e. The highest BCUT2D eigenvalue weighted by atomic mass is 32.2. The fraction of sp³-hybridized carbons (Fsp3) is 0.283. The number of methoxy groups -OCH3 is 1. The smallest absolute Gasteiger partial charge is 0.317 e. The van der Waals surface area contributed by atoms with Crippen LogP contribution in [-0.4, -0.2) is 89.1 Å². The van der Waals surface area contributed by atoms with Gasteiger partial charge in [0.05, 0.1) is 67.0 Å². The molecule has 15 nitrogen and oxygen atoms in total. The minimum Gasteiger partial charge on any atom is -0.495 e. The minimum absolute atomic E-state index is 0.138. The van der Waals surface area contributed by atoms with Gasteiger partial charge in [-0.2, -0.15) is 8.78 Å². The van der Waals surface area contributed by atoms with Crippen molar-refractivity contribution in [1.82, 2.24) is 28.9 Å². The van der Waals surface area contributed by atoms with E-state index in [1.165, 1.54) is 16.5 Å². The van der Waals surface area contributed by atoms with Crippen molar-refractivity contribution in [1.29, 1.82) is 0 Å². The van der Waals surface area contributed by atoms with Gasteiger partial charge in [0.25, 0.3) is 5.91 Å². The molecule has 0 aliphatic carbocycles. The quantitative estimate of drug-likeness (QED) is 0.0190. The number of nitrogen functional groups attached to an aromatic ring is 2. The molecular weight excluding hydrogens is 843 g/mol. The zero-order valence-electron chi connectivity index (χ0n) is 35.9. The SMILES string of the molecule is COc1cc(SN(C)CCOCCNC(=O)COc2cccc(Cn3cnc4c(N)cc(-c5c(C)noc5C)cc43)c2)ccc1NCC#Cc1cc2c(N)cccc2n1CC(N)(F)F. The zero-order chi connectivity index (χ0) is 45.4. The highest BCUT2D eigenvalue weighted by molar-refractivity contribution is 7.97. The van der Waals surface area contributed by atoms with Gasteiger partial charge < -0.3 is 50.0 Å².